The van der Waals surface area contributed by atoms with E-state index in [-0.39, 0.29) is 19.0 Å². The molecule has 0 bridgehead atoms. The Kier molecular flexibility index (Phi) is 19.4. The molecule has 1 rings (SSSR count). The van der Waals surface area contributed by atoms with Crippen LogP contribution in [0.25, 0.3) is 0 Å². The third kappa shape index (κ3) is 13.5. The fourth-order valence-corrected chi connectivity index (χ4v) is 1.22. The number of unbranched alkanes of at least 4 members (excludes halogenated alkanes) is 2. The molecule has 0 aromatic heterocycles. The maximum atomic E-state index is 11.4. The molecule has 1 aromatic carbocycles. The molecule has 0 aliphatic heterocycles. The first kappa shape index (κ1) is 21.4. The van der Waals surface area contributed by atoms with Crippen molar-refractivity contribution < 1.29 is 34.5 Å². The fraction of sp³-hybridized carbons (Fsp3) is 0.467. The monoisotopic (exact) mass is 325 g/mol. The molecule has 1 aromatic rings. The molecule has 0 saturated heterocycles. The van der Waals surface area contributed by atoms with Gasteiger partial charge in [-0.25, -0.2) is 0 Å². The van der Waals surface area contributed by atoms with Crippen LogP contribution in [0.3, 0.4) is 0 Å². The van der Waals surface area contributed by atoms with Crippen LogP contribution in [0.4, 0.5) is 0 Å². The Morgan fingerprint density at radius 1 is 1.20 bits per heavy atom. The van der Waals surface area contributed by atoms with Gasteiger partial charge in [-0.3, -0.25) is 0 Å². The van der Waals surface area contributed by atoms with Crippen molar-refractivity contribution in [1.29, 1.82) is 0 Å². The average Bonchev–Trinajstić information content (AvgIpc) is 2.52. The second-order valence-corrected chi connectivity index (χ2v) is 3.83. The van der Waals surface area contributed by atoms with Crippen molar-refractivity contribution in [3.05, 3.63) is 42.8 Å². The zero-order chi connectivity index (χ0) is 15.6. The Labute approximate surface area is 129 Å². The van der Waals surface area contributed by atoms with Crippen molar-refractivity contribution in [2.24, 2.45) is 0 Å². The van der Waals surface area contributed by atoms with Crippen molar-refractivity contribution in [2.45, 2.75) is 32.1 Å². The van der Waals surface area contributed by atoms with Gasteiger partial charge in [0.1, 0.15) is 5.78 Å². The van der Waals surface area contributed by atoms with Gasteiger partial charge in [0, 0.05) is 13.2 Å². The van der Waals surface area contributed by atoms with Crippen LogP contribution < -0.4 is 0 Å². The Morgan fingerprint density at radius 2 is 1.85 bits per heavy atom. The number of carbonyl (C=O) groups is 1. The molecule has 0 unspecified atom stereocenters. The standard InChI is InChI=1S/C11H13O2.C4H9O.Co.O/c12-9-5-4-8-11(13)10-6-2-1-3-7-10;1-2-3-4-5;;/h1-2,6-7,12H,4-5,8-9H2;5H,1-4H2;;/q2*-1;;. The van der Waals surface area contributed by atoms with Crippen molar-refractivity contribution in [3.8, 4) is 0 Å². The summed E-state index contributed by atoms with van der Waals surface area (Å²) in [6, 6.07) is 9.92. The molecule has 0 heterocycles. The Morgan fingerprint density at radius 3 is 2.25 bits per heavy atom. The topological polar surface area (TPSA) is 74.6 Å². The first-order valence-electron chi connectivity index (χ1n) is 6.40. The van der Waals surface area contributed by atoms with E-state index in [1.807, 2.05) is 0 Å². The van der Waals surface area contributed by atoms with Crippen LogP contribution in [0.5, 0.6) is 0 Å². The molecule has 0 fully saturated rings. The second-order valence-electron chi connectivity index (χ2n) is 3.83. The van der Waals surface area contributed by atoms with Gasteiger partial charge in [-0.2, -0.15) is 36.8 Å². The van der Waals surface area contributed by atoms with Gasteiger partial charge in [-0.1, -0.05) is 12.0 Å². The summed E-state index contributed by atoms with van der Waals surface area (Å²) in [6.07, 6.45) is 3.64. The Balaban J connectivity index is 0. The van der Waals surface area contributed by atoms with E-state index < -0.39 is 0 Å². The minimum atomic E-state index is 0.130. The van der Waals surface area contributed by atoms with E-state index in [4.69, 9.17) is 14.1 Å². The predicted octanol–water partition coefficient (Wildman–Crippen LogP) is 2.30. The molecule has 0 amide bonds. The molecule has 0 aliphatic carbocycles. The molecule has 117 valence electrons. The Hall–Kier alpha value is -0.884. The van der Waals surface area contributed by atoms with Gasteiger partial charge in [-0.15, -0.1) is 0 Å². The molecule has 0 radical (unpaired) electrons. The summed E-state index contributed by atoms with van der Waals surface area (Å²) in [6.45, 7) is 3.96. The fourth-order valence-electron chi connectivity index (χ4n) is 1.22. The molecule has 5 heteroatoms. The molecular weight excluding hydrogens is 303 g/mol. The van der Waals surface area contributed by atoms with Crippen molar-refractivity contribution in [2.75, 3.05) is 13.2 Å². The molecule has 4 nitrogen and oxygen atoms in total. The second kappa shape index (κ2) is 18.1. The van der Waals surface area contributed by atoms with Gasteiger partial charge in [0.25, 0.3) is 0 Å². The quantitative estimate of drug-likeness (QED) is 0.458. The third-order valence-corrected chi connectivity index (χ3v) is 2.25. The van der Waals surface area contributed by atoms with E-state index in [0.29, 0.717) is 18.4 Å². The molecule has 20 heavy (non-hydrogen) atoms. The van der Waals surface area contributed by atoms with E-state index in [0.717, 1.165) is 19.3 Å². The van der Waals surface area contributed by atoms with Crippen molar-refractivity contribution in [3.63, 3.8) is 0 Å². The first-order valence-corrected chi connectivity index (χ1v) is 6.82. The first-order chi connectivity index (χ1) is 9.76. The van der Waals surface area contributed by atoms with Crippen LogP contribution in [0.15, 0.2) is 24.3 Å². The number of ketones is 1. The van der Waals surface area contributed by atoms with Crippen LogP contribution in [-0.2, 0) is 19.5 Å². The molecular formula is C15H22CoO4-2. The average molecular weight is 325 g/mol. The summed E-state index contributed by atoms with van der Waals surface area (Å²) in [5.74, 6) is 0.130. The van der Waals surface area contributed by atoms with Gasteiger partial charge >= 0.3 is 19.5 Å². The Bertz CT molecular complexity index is 315. The number of aliphatic hydroxyl groups is 2. The minimum absolute atomic E-state index is 0.130. The summed E-state index contributed by atoms with van der Waals surface area (Å²) in [5.41, 5.74) is 0.709. The van der Waals surface area contributed by atoms with Crippen LogP contribution in [0, 0.1) is 13.0 Å². The number of rotatable bonds is 7. The summed E-state index contributed by atoms with van der Waals surface area (Å²) < 4.78 is 7.94. The number of benzene rings is 1. The SMILES string of the molecule is O=C(CCCCO)c1c[c-]ccc1.[CH2-]CCCO.[O]=[Co]. The van der Waals surface area contributed by atoms with Gasteiger partial charge in [0.05, 0.1) is 0 Å². The van der Waals surface area contributed by atoms with E-state index in [1.54, 1.807) is 24.3 Å². The number of hydrogen-bond donors (Lipinski definition) is 2. The number of carbonyl (C=O) groups excluding carboxylic acids is 1. The molecule has 0 atom stereocenters. The summed E-state index contributed by atoms with van der Waals surface area (Å²) >= 11 is 2.31. The van der Waals surface area contributed by atoms with Gasteiger partial charge < -0.3 is 21.9 Å². The molecule has 0 spiro atoms. The zero-order valence-electron chi connectivity index (χ0n) is 11.5. The van der Waals surface area contributed by atoms with E-state index in [9.17, 15) is 4.79 Å². The summed E-state index contributed by atoms with van der Waals surface area (Å²) in [4.78, 5) is 11.4. The predicted molar refractivity (Wildman–Crippen MR) is 72.9 cm³/mol. The number of aliphatic hydroxyl groups excluding tert-OH is 2. The van der Waals surface area contributed by atoms with Gasteiger partial charge in [0.15, 0.2) is 0 Å². The van der Waals surface area contributed by atoms with Crippen LogP contribution in [-0.4, -0.2) is 29.2 Å². The van der Waals surface area contributed by atoms with Crippen molar-refractivity contribution >= 4 is 5.78 Å². The van der Waals surface area contributed by atoms with Crippen molar-refractivity contribution in [1.82, 2.24) is 0 Å². The van der Waals surface area contributed by atoms with Crippen LogP contribution in [0.1, 0.15) is 42.5 Å². The van der Waals surface area contributed by atoms with E-state index in [1.165, 1.54) is 0 Å². The summed E-state index contributed by atoms with van der Waals surface area (Å²) in [5, 5.41) is 16.6. The molecule has 0 aliphatic rings. The van der Waals surface area contributed by atoms with Crippen LogP contribution >= 0.6 is 0 Å². The van der Waals surface area contributed by atoms with Gasteiger partial charge in [-0.05, 0) is 19.3 Å². The van der Waals surface area contributed by atoms with Gasteiger partial charge in [0.2, 0.25) is 0 Å². The number of Topliss-reactive ketones (excluding diaryl/α,β-unsaturated/α-hetero) is 1. The van der Waals surface area contributed by atoms with E-state index >= 15 is 0 Å². The third-order valence-electron chi connectivity index (χ3n) is 2.25. The number of hydrogen-bond acceptors (Lipinski definition) is 4. The van der Waals surface area contributed by atoms with E-state index in [2.05, 4.69) is 28.7 Å². The molecule has 0 saturated carbocycles. The summed E-state index contributed by atoms with van der Waals surface area (Å²) in [7, 11) is 0. The maximum absolute atomic E-state index is 11.4. The molecule has 2 N–H and O–H groups in total. The zero-order valence-corrected chi connectivity index (χ0v) is 12.6. The normalized spacial score (nSPS) is 8.80. The van der Waals surface area contributed by atoms with Crippen LogP contribution in [0.2, 0.25) is 0 Å².